The molecule has 0 bridgehead atoms. The van der Waals surface area contributed by atoms with Gasteiger partial charge in [0.15, 0.2) is 5.75 Å². The molecular formula is C24H21F3O6S. The molecule has 0 fully saturated rings. The van der Waals surface area contributed by atoms with Crippen LogP contribution in [0.5, 0.6) is 11.5 Å². The summed E-state index contributed by atoms with van der Waals surface area (Å²) in [6, 6.07) is 13.6. The quantitative estimate of drug-likeness (QED) is 0.320. The first-order chi connectivity index (χ1) is 16.0. The number of benzene rings is 3. The van der Waals surface area contributed by atoms with Gasteiger partial charge in [-0.15, -0.1) is 0 Å². The topological polar surface area (TPSA) is 104 Å². The molecular weight excluding hydrogens is 473 g/mol. The van der Waals surface area contributed by atoms with Crippen molar-refractivity contribution in [3.8, 4) is 22.6 Å². The molecule has 0 unspecified atom stereocenters. The molecule has 3 aromatic carbocycles. The second-order valence-electron chi connectivity index (χ2n) is 7.94. The highest BCUT2D eigenvalue weighted by molar-refractivity contribution is 7.86. The lowest BCUT2D eigenvalue weighted by molar-refractivity contribution is -0.134. The van der Waals surface area contributed by atoms with Gasteiger partial charge in [0, 0.05) is 24.0 Å². The number of halogens is 3. The summed E-state index contributed by atoms with van der Waals surface area (Å²) in [7, 11) is -4.95. The van der Waals surface area contributed by atoms with E-state index in [2.05, 4.69) is 0 Å². The zero-order chi connectivity index (χ0) is 24.7. The van der Waals surface area contributed by atoms with Crippen LogP contribution in [0.2, 0.25) is 0 Å². The Hall–Kier alpha value is -2.92. The highest BCUT2D eigenvalue weighted by Gasteiger charge is 2.32. The molecule has 180 valence electrons. The van der Waals surface area contributed by atoms with Crippen LogP contribution in [0.25, 0.3) is 11.1 Å². The molecule has 6 nitrogen and oxygen atoms in total. The van der Waals surface area contributed by atoms with Crippen molar-refractivity contribution in [2.45, 2.75) is 43.5 Å². The summed E-state index contributed by atoms with van der Waals surface area (Å²) in [4.78, 5) is -0.779. The molecule has 4 rings (SSSR count). The minimum absolute atomic E-state index is 0.0787. The highest BCUT2D eigenvalue weighted by atomic mass is 32.2. The van der Waals surface area contributed by atoms with Crippen LogP contribution in [-0.4, -0.2) is 29.4 Å². The normalized spacial score (nSPS) is 13.0. The van der Waals surface area contributed by atoms with Crippen molar-refractivity contribution in [1.82, 2.24) is 0 Å². The molecule has 0 heterocycles. The molecule has 0 saturated heterocycles. The predicted molar refractivity (Wildman–Crippen MR) is 117 cm³/mol. The third-order valence-electron chi connectivity index (χ3n) is 5.84. The monoisotopic (exact) mass is 494 g/mol. The summed E-state index contributed by atoms with van der Waals surface area (Å²) in [6.45, 7) is -1.52. The number of hydrogen-bond donors (Lipinski definition) is 3. The van der Waals surface area contributed by atoms with Gasteiger partial charge in [-0.25, -0.2) is 0 Å². The molecule has 0 atom stereocenters. The first-order valence-corrected chi connectivity index (χ1v) is 11.8. The first kappa shape index (κ1) is 24.2. The Morgan fingerprint density at radius 1 is 0.941 bits per heavy atom. The molecule has 0 radical (unpaired) electrons. The Balaban J connectivity index is 1.91. The third-order valence-corrected chi connectivity index (χ3v) is 6.70. The summed E-state index contributed by atoms with van der Waals surface area (Å²) < 4.78 is 79.4. The van der Waals surface area contributed by atoms with Crippen LogP contribution >= 0.6 is 0 Å². The van der Waals surface area contributed by atoms with E-state index in [1.54, 1.807) is 12.1 Å². The molecule has 1 aliphatic rings. The van der Waals surface area contributed by atoms with Crippen LogP contribution in [-0.2, 0) is 36.2 Å². The number of aliphatic hydroxyl groups excluding tert-OH is 2. The van der Waals surface area contributed by atoms with Crippen LogP contribution in [0.4, 0.5) is 13.2 Å². The van der Waals surface area contributed by atoms with Gasteiger partial charge in [0.2, 0.25) is 0 Å². The van der Waals surface area contributed by atoms with E-state index in [0.29, 0.717) is 12.0 Å². The minimum atomic E-state index is -4.95. The fraction of sp³-hybridized carbons (Fsp3) is 0.250. The van der Waals surface area contributed by atoms with E-state index < -0.39 is 53.0 Å². The van der Waals surface area contributed by atoms with E-state index in [1.165, 1.54) is 0 Å². The number of rotatable bonds is 7. The highest BCUT2D eigenvalue weighted by Crippen LogP contribution is 2.45. The summed E-state index contributed by atoms with van der Waals surface area (Å²) in [5.41, 5.74) is 3.08. The standard InChI is InChI=1S/C24H21F3O6S/c25-24(26,27)9-8-18-20(13-29)15(12-28)11-22(34(30,31)32)23(18)33-21-7-3-6-17-16-5-2-1-4-14(16)10-19(17)21/h1-7,11,28-29H,8-10,12-13H2,(H,30,31,32). The Labute approximate surface area is 194 Å². The van der Waals surface area contributed by atoms with Crippen LogP contribution in [0.3, 0.4) is 0 Å². The maximum atomic E-state index is 13.1. The number of alkyl halides is 3. The Bertz CT molecular complexity index is 1350. The zero-order valence-electron chi connectivity index (χ0n) is 17.8. The van der Waals surface area contributed by atoms with E-state index in [1.807, 2.05) is 30.3 Å². The van der Waals surface area contributed by atoms with Crippen molar-refractivity contribution in [2.75, 3.05) is 0 Å². The lowest BCUT2D eigenvalue weighted by Gasteiger charge is -2.21. The van der Waals surface area contributed by atoms with E-state index in [4.69, 9.17) is 4.74 Å². The molecule has 34 heavy (non-hydrogen) atoms. The number of ether oxygens (including phenoxy) is 1. The summed E-state index contributed by atoms with van der Waals surface area (Å²) in [5.74, 6) is -0.287. The maximum Gasteiger partial charge on any atom is 0.389 e. The van der Waals surface area contributed by atoms with Gasteiger partial charge < -0.3 is 14.9 Å². The van der Waals surface area contributed by atoms with Gasteiger partial charge in [-0.3, -0.25) is 4.55 Å². The maximum absolute atomic E-state index is 13.1. The molecule has 0 amide bonds. The fourth-order valence-corrected chi connectivity index (χ4v) is 4.99. The summed E-state index contributed by atoms with van der Waals surface area (Å²) in [5, 5.41) is 19.5. The molecule has 3 aromatic rings. The second kappa shape index (κ2) is 9.03. The summed E-state index contributed by atoms with van der Waals surface area (Å²) >= 11 is 0. The number of fused-ring (bicyclic) bond motifs is 3. The largest absolute Gasteiger partial charge is 0.455 e. The average Bonchev–Trinajstić information content (AvgIpc) is 3.16. The molecule has 1 aliphatic carbocycles. The molecule has 0 saturated carbocycles. The van der Waals surface area contributed by atoms with Crippen LogP contribution in [0.1, 0.15) is 34.2 Å². The molecule has 3 N–H and O–H groups in total. The Kier molecular flexibility index (Phi) is 6.43. The van der Waals surface area contributed by atoms with E-state index in [0.717, 1.165) is 22.8 Å². The van der Waals surface area contributed by atoms with Gasteiger partial charge in [-0.1, -0.05) is 36.4 Å². The predicted octanol–water partition coefficient (Wildman–Crippen LogP) is 4.78. The lowest BCUT2D eigenvalue weighted by Crippen LogP contribution is -2.14. The molecule has 0 aliphatic heterocycles. The van der Waals surface area contributed by atoms with Crippen LogP contribution < -0.4 is 4.74 Å². The van der Waals surface area contributed by atoms with Crippen LogP contribution in [0.15, 0.2) is 53.4 Å². The first-order valence-electron chi connectivity index (χ1n) is 10.3. The Morgan fingerprint density at radius 3 is 2.29 bits per heavy atom. The van der Waals surface area contributed by atoms with Crippen molar-refractivity contribution in [2.24, 2.45) is 0 Å². The van der Waals surface area contributed by atoms with E-state index in [-0.39, 0.29) is 22.4 Å². The van der Waals surface area contributed by atoms with Crippen molar-refractivity contribution in [3.63, 3.8) is 0 Å². The third kappa shape index (κ3) is 4.67. The molecule has 0 aromatic heterocycles. The Morgan fingerprint density at radius 2 is 1.65 bits per heavy atom. The van der Waals surface area contributed by atoms with Crippen molar-refractivity contribution < 1.29 is 41.1 Å². The average molecular weight is 494 g/mol. The van der Waals surface area contributed by atoms with Gasteiger partial charge in [0.1, 0.15) is 10.6 Å². The van der Waals surface area contributed by atoms with Gasteiger partial charge in [0.25, 0.3) is 10.1 Å². The van der Waals surface area contributed by atoms with Gasteiger partial charge in [-0.05, 0) is 46.4 Å². The van der Waals surface area contributed by atoms with Crippen molar-refractivity contribution >= 4 is 10.1 Å². The van der Waals surface area contributed by atoms with Gasteiger partial charge in [-0.2, -0.15) is 21.6 Å². The minimum Gasteiger partial charge on any atom is -0.455 e. The van der Waals surface area contributed by atoms with E-state index >= 15 is 0 Å². The van der Waals surface area contributed by atoms with Gasteiger partial charge >= 0.3 is 6.18 Å². The lowest BCUT2D eigenvalue weighted by atomic mass is 9.96. The zero-order valence-corrected chi connectivity index (χ0v) is 18.6. The molecule has 10 heteroatoms. The molecule has 0 spiro atoms. The second-order valence-corrected chi connectivity index (χ2v) is 9.33. The van der Waals surface area contributed by atoms with Crippen molar-refractivity contribution in [1.29, 1.82) is 0 Å². The summed E-state index contributed by atoms with van der Waals surface area (Å²) in [6.07, 6.45) is -6.16. The fourth-order valence-electron chi connectivity index (χ4n) is 4.30. The van der Waals surface area contributed by atoms with E-state index in [9.17, 15) is 36.4 Å². The van der Waals surface area contributed by atoms with Gasteiger partial charge in [0.05, 0.1) is 13.2 Å². The van der Waals surface area contributed by atoms with Crippen molar-refractivity contribution in [3.05, 3.63) is 76.3 Å². The smallest absolute Gasteiger partial charge is 0.389 e. The number of aliphatic hydroxyl groups is 2. The van der Waals surface area contributed by atoms with Crippen LogP contribution in [0, 0.1) is 0 Å². The SMILES string of the molecule is O=S(=O)(O)c1cc(CO)c(CO)c(CCC(F)(F)F)c1Oc1cccc2c1Cc1ccccc1-2. The number of hydrogen-bond acceptors (Lipinski definition) is 5.